The average molecular weight is 355 g/mol. The molecule has 0 saturated carbocycles. The molecule has 0 unspecified atom stereocenters. The number of methoxy groups -OCH3 is 1. The Kier molecular flexibility index (Phi) is 5.78. The van der Waals surface area contributed by atoms with E-state index >= 15 is 0 Å². The molecule has 0 spiro atoms. The fourth-order valence-electron chi connectivity index (χ4n) is 3.16. The molecule has 2 aromatic carbocycles. The maximum atomic E-state index is 12.5. The van der Waals surface area contributed by atoms with Gasteiger partial charge in [0.1, 0.15) is 17.6 Å². The van der Waals surface area contributed by atoms with Crippen molar-refractivity contribution >= 4 is 5.91 Å². The molecule has 0 saturated heterocycles. The van der Waals surface area contributed by atoms with Gasteiger partial charge in [0.15, 0.2) is 0 Å². The summed E-state index contributed by atoms with van der Waals surface area (Å²) in [6, 6.07) is 11.4. The number of ether oxygens (including phenoxy) is 3. The van der Waals surface area contributed by atoms with E-state index < -0.39 is 0 Å². The summed E-state index contributed by atoms with van der Waals surface area (Å²) in [4.78, 5) is 12.5. The van der Waals surface area contributed by atoms with Gasteiger partial charge in [0, 0.05) is 36.8 Å². The van der Waals surface area contributed by atoms with Crippen molar-refractivity contribution in [1.29, 1.82) is 0 Å². The van der Waals surface area contributed by atoms with Crippen LogP contribution in [-0.2, 0) is 24.3 Å². The summed E-state index contributed by atoms with van der Waals surface area (Å²) in [5, 5.41) is 2.97. The molecule has 1 aliphatic rings. The minimum absolute atomic E-state index is 0.125. The zero-order chi connectivity index (χ0) is 18.5. The number of amides is 1. The van der Waals surface area contributed by atoms with Crippen molar-refractivity contribution in [3.63, 3.8) is 0 Å². The maximum Gasteiger partial charge on any atom is 0.251 e. The Morgan fingerprint density at radius 1 is 1.31 bits per heavy atom. The molecule has 5 nitrogen and oxygen atoms in total. The van der Waals surface area contributed by atoms with E-state index in [4.69, 9.17) is 14.2 Å². The monoisotopic (exact) mass is 355 g/mol. The van der Waals surface area contributed by atoms with Crippen LogP contribution in [0.3, 0.4) is 0 Å². The summed E-state index contributed by atoms with van der Waals surface area (Å²) in [5.74, 6) is 1.56. The predicted octanol–water partition coefficient (Wildman–Crippen LogP) is 3.49. The molecule has 1 N–H and O–H groups in total. The zero-order valence-corrected chi connectivity index (χ0v) is 15.5. The van der Waals surface area contributed by atoms with Crippen LogP contribution in [0.2, 0.25) is 0 Å². The first-order chi connectivity index (χ1) is 12.6. The number of rotatable bonds is 7. The van der Waals surface area contributed by atoms with Crippen LogP contribution >= 0.6 is 0 Å². The molecule has 0 fully saturated rings. The molecule has 3 rings (SSSR count). The maximum absolute atomic E-state index is 12.5. The van der Waals surface area contributed by atoms with Crippen molar-refractivity contribution in [1.82, 2.24) is 5.32 Å². The van der Waals surface area contributed by atoms with E-state index in [-0.39, 0.29) is 12.0 Å². The minimum atomic E-state index is -0.125. The van der Waals surface area contributed by atoms with Crippen molar-refractivity contribution in [3.8, 4) is 11.5 Å². The lowest BCUT2D eigenvalue weighted by Gasteiger charge is -2.13. The van der Waals surface area contributed by atoms with Crippen LogP contribution in [0.1, 0.15) is 40.9 Å². The van der Waals surface area contributed by atoms with Crippen LogP contribution in [0.25, 0.3) is 0 Å². The van der Waals surface area contributed by atoms with Crippen molar-refractivity contribution < 1.29 is 19.0 Å². The summed E-state index contributed by atoms with van der Waals surface area (Å²) in [5.41, 5.74) is 3.66. The van der Waals surface area contributed by atoms with Crippen molar-refractivity contribution in [3.05, 3.63) is 58.7 Å². The lowest BCUT2D eigenvalue weighted by molar-refractivity contribution is 0.0950. The Morgan fingerprint density at radius 2 is 2.15 bits per heavy atom. The average Bonchev–Trinajstić information content (AvgIpc) is 2.99. The van der Waals surface area contributed by atoms with Crippen LogP contribution < -0.4 is 14.8 Å². The Balaban J connectivity index is 1.73. The van der Waals surface area contributed by atoms with Crippen LogP contribution in [0, 0.1) is 0 Å². The number of carbonyl (C=O) groups excluding carboxylic acids is 1. The van der Waals surface area contributed by atoms with Gasteiger partial charge >= 0.3 is 0 Å². The van der Waals surface area contributed by atoms with Crippen LogP contribution in [-0.4, -0.2) is 25.7 Å². The van der Waals surface area contributed by atoms with Gasteiger partial charge < -0.3 is 19.5 Å². The topological polar surface area (TPSA) is 56.8 Å². The number of carbonyl (C=O) groups is 1. The molecular formula is C21H25NO4. The Bertz CT molecular complexity index is 788. The minimum Gasteiger partial charge on any atom is -0.494 e. The third kappa shape index (κ3) is 4.17. The third-order valence-corrected chi connectivity index (χ3v) is 4.32. The highest BCUT2D eigenvalue weighted by Gasteiger charge is 2.22. The largest absolute Gasteiger partial charge is 0.494 e. The second kappa shape index (κ2) is 8.23. The van der Waals surface area contributed by atoms with E-state index in [1.54, 1.807) is 13.2 Å². The molecule has 1 heterocycles. The SMILES string of the molecule is CCOc1cc2c(cc1CNC(=O)c1cccc(COC)c1)O[C@@H](C)C2. The van der Waals surface area contributed by atoms with E-state index in [1.807, 2.05) is 37.3 Å². The van der Waals surface area contributed by atoms with Crippen LogP contribution in [0.15, 0.2) is 36.4 Å². The van der Waals surface area contributed by atoms with E-state index in [2.05, 4.69) is 12.2 Å². The van der Waals surface area contributed by atoms with Gasteiger partial charge in [0.05, 0.1) is 13.2 Å². The van der Waals surface area contributed by atoms with Gasteiger partial charge in [-0.05, 0) is 43.7 Å². The molecule has 2 aromatic rings. The summed E-state index contributed by atoms with van der Waals surface area (Å²) < 4.78 is 16.7. The van der Waals surface area contributed by atoms with E-state index in [0.29, 0.717) is 25.3 Å². The van der Waals surface area contributed by atoms with Gasteiger partial charge in [0.25, 0.3) is 5.91 Å². The summed E-state index contributed by atoms with van der Waals surface area (Å²) in [6.45, 7) is 5.45. The lowest BCUT2D eigenvalue weighted by atomic mass is 10.1. The summed E-state index contributed by atoms with van der Waals surface area (Å²) in [7, 11) is 1.64. The van der Waals surface area contributed by atoms with Gasteiger partial charge in [-0.25, -0.2) is 0 Å². The highest BCUT2D eigenvalue weighted by Crippen LogP contribution is 2.35. The Labute approximate surface area is 154 Å². The molecule has 5 heteroatoms. The van der Waals surface area contributed by atoms with E-state index in [1.165, 1.54) is 0 Å². The summed E-state index contributed by atoms with van der Waals surface area (Å²) >= 11 is 0. The number of fused-ring (bicyclic) bond motifs is 1. The number of hydrogen-bond donors (Lipinski definition) is 1. The number of hydrogen-bond acceptors (Lipinski definition) is 4. The molecule has 1 aliphatic heterocycles. The van der Waals surface area contributed by atoms with Gasteiger partial charge in [0.2, 0.25) is 0 Å². The lowest BCUT2D eigenvalue weighted by Crippen LogP contribution is -2.23. The standard InChI is InChI=1S/C21H25NO4/c1-4-25-19-10-17-8-14(2)26-20(17)11-18(19)12-22-21(23)16-7-5-6-15(9-16)13-24-3/h5-7,9-11,14H,4,8,12-13H2,1-3H3,(H,22,23)/t14-/m0/s1. The van der Waals surface area contributed by atoms with Crippen LogP contribution in [0.5, 0.6) is 11.5 Å². The number of benzene rings is 2. The number of nitrogens with one attached hydrogen (secondary N) is 1. The smallest absolute Gasteiger partial charge is 0.251 e. The van der Waals surface area contributed by atoms with E-state index in [9.17, 15) is 4.79 Å². The quantitative estimate of drug-likeness (QED) is 0.826. The van der Waals surface area contributed by atoms with Crippen molar-refractivity contribution in [2.75, 3.05) is 13.7 Å². The predicted molar refractivity (Wildman–Crippen MR) is 99.7 cm³/mol. The first kappa shape index (κ1) is 18.3. The molecule has 0 aliphatic carbocycles. The third-order valence-electron chi connectivity index (χ3n) is 4.32. The first-order valence-corrected chi connectivity index (χ1v) is 8.92. The molecule has 0 bridgehead atoms. The van der Waals surface area contributed by atoms with Crippen molar-refractivity contribution in [2.24, 2.45) is 0 Å². The molecule has 138 valence electrons. The first-order valence-electron chi connectivity index (χ1n) is 8.92. The fraction of sp³-hybridized carbons (Fsp3) is 0.381. The van der Waals surface area contributed by atoms with Crippen LogP contribution in [0.4, 0.5) is 0 Å². The summed E-state index contributed by atoms with van der Waals surface area (Å²) in [6.07, 6.45) is 1.06. The molecule has 26 heavy (non-hydrogen) atoms. The Morgan fingerprint density at radius 3 is 2.92 bits per heavy atom. The van der Waals surface area contributed by atoms with Gasteiger partial charge in [-0.3, -0.25) is 4.79 Å². The molecular weight excluding hydrogens is 330 g/mol. The fourth-order valence-corrected chi connectivity index (χ4v) is 3.16. The van der Waals surface area contributed by atoms with Gasteiger partial charge in [-0.2, -0.15) is 0 Å². The molecule has 0 aromatic heterocycles. The second-order valence-electron chi connectivity index (χ2n) is 6.45. The highest BCUT2D eigenvalue weighted by molar-refractivity contribution is 5.94. The zero-order valence-electron chi connectivity index (χ0n) is 15.5. The van der Waals surface area contributed by atoms with Gasteiger partial charge in [-0.1, -0.05) is 12.1 Å². The Hall–Kier alpha value is -2.53. The van der Waals surface area contributed by atoms with Gasteiger partial charge in [-0.15, -0.1) is 0 Å². The second-order valence-corrected chi connectivity index (χ2v) is 6.45. The highest BCUT2D eigenvalue weighted by atomic mass is 16.5. The van der Waals surface area contributed by atoms with Crippen molar-refractivity contribution in [2.45, 2.75) is 39.5 Å². The normalized spacial score (nSPS) is 15.3. The van der Waals surface area contributed by atoms with E-state index in [0.717, 1.165) is 34.6 Å². The molecule has 0 radical (unpaired) electrons. The molecule has 1 atom stereocenters. The molecule has 1 amide bonds.